The van der Waals surface area contributed by atoms with Crippen LogP contribution in [0.3, 0.4) is 0 Å². The molecule has 78 valence electrons. The van der Waals surface area contributed by atoms with Crippen LogP contribution in [0.4, 0.5) is 0 Å². The van der Waals surface area contributed by atoms with Gasteiger partial charge in [-0.2, -0.15) is 0 Å². The van der Waals surface area contributed by atoms with Crippen LogP contribution in [0.25, 0.3) is 0 Å². The van der Waals surface area contributed by atoms with Crippen LogP contribution in [0, 0.1) is 6.92 Å². The minimum absolute atomic E-state index is 0.109. The lowest BCUT2D eigenvalue weighted by Crippen LogP contribution is -2.23. The van der Waals surface area contributed by atoms with E-state index in [0.717, 1.165) is 0 Å². The molecule has 1 heterocycles. The number of hydrogen-bond acceptors (Lipinski definition) is 4. The highest BCUT2D eigenvalue weighted by Gasteiger charge is 2.24. The van der Waals surface area contributed by atoms with Crippen LogP contribution < -0.4 is 0 Å². The van der Waals surface area contributed by atoms with Crippen LogP contribution in [-0.2, 0) is 4.74 Å². The average Bonchev–Trinajstić information content (AvgIpc) is 2.29. The molecule has 4 nitrogen and oxygen atoms in total. The maximum atomic E-state index is 11.5. The summed E-state index contributed by atoms with van der Waals surface area (Å²) in [4.78, 5) is 11.5. The number of hydrogen-bond donors (Lipinski definition) is 0. The predicted molar refractivity (Wildman–Crippen MR) is 54.1 cm³/mol. The molecular formula is C9H12BrNO3. The molecule has 0 saturated heterocycles. The Labute approximate surface area is 90.7 Å². The van der Waals surface area contributed by atoms with Gasteiger partial charge in [-0.25, -0.2) is 4.79 Å². The van der Waals surface area contributed by atoms with Gasteiger partial charge in [0.15, 0.2) is 0 Å². The van der Waals surface area contributed by atoms with Gasteiger partial charge in [0.2, 0.25) is 0 Å². The van der Waals surface area contributed by atoms with Gasteiger partial charge in [0, 0.05) is 0 Å². The Balaban J connectivity index is 2.86. The van der Waals surface area contributed by atoms with E-state index in [1.165, 1.54) is 0 Å². The monoisotopic (exact) mass is 261 g/mol. The van der Waals surface area contributed by atoms with Crippen molar-refractivity contribution in [2.24, 2.45) is 0 Å². The fourth-order valence-electron chi connectivity index (χ4n) is 0.810. The van der Waals surface area contributed by atoms with Gasteiger partial charge in [-0.1, -0.05) is 5.16 Å². The summed E-state index contributed by atoms with van der Waals surface area (Å²) in [6.07, 6.45) is 0. The highest BCUT2D eigenvalue weighted by Crippen LogP contribution is 2.22. The third-order valence-corrected chi connectivity index (χ3v) is 2.31. The summed E-state index contributed by atoms with van der Waals surface area (Å²) >= 11 is 3.20. The Morgan fingerprint density at radius 3 is 2.43 bits per heavy atom. The van der Waals surface area contributed by atoms with Gasteiger partial charge in [0.05, 0.1) is 10.2 Å². The molecule has 14 heavy (non-hydrogen) atoms. The number of ether oxygens (including phenoxy) is 1. The molecule has 0 amide bonds. The van der Waals surface area contributed by atoms with Crippen LogP contribution in [0.5, 0.6) is 0 Å². The van der Waals surface area contributed by atoms with Gasteiger partial charge >= 0.3 is 5.97 Å². The number of aromatic nitrogens is 1. The summed E-state index contributed by atoms with van der Waals surface area (Å²) in [5.41, 5.74) is 0.0999. The van der Waals surface area contributed by atoms with Crippen molar-refractivity contribution in [3.63, 3.8) is 0 Å². The number of aryl methyl sites for hydroxylation is 1. The Hall–Kier alpha value is -0.840. The lowest BCUT2D eigenvalue weighted by Gasteiger charge is -2.18. The Kier molecular flexibility index (Phi) is 2.99. The minimum Gasteiger partial charge on any atom is -0.454 e. The fourth-order valence-corrected chi connectivity index (χ4v) is 1.12. The Bertz CT molecular complexity index is 351. The minimum atomic E-state index is -0.531. The summed E-state index contributed by atoms with van der Waals surface area (Å²) in [7, 11) is 0. The molecule has 0 spiro atoms. The first kappa shape index (κ1) is 11.2. The van der Waals surface area contributed by atoms with Crippen molar-refractivity contribution >= 4 is 21.9 Å². The standard InChI is InChI=1S/C9H12BrNO3/c1-5-6(10)7(14-11-5)8(12)13-9(2,3)4/h1-4H3. The van der Waals surface area contributed by atoms with Crippen LogP contribution in [-0.4, -0.2) is 16.7 Å². The zero-order valence-corrected chi connectivity index (χ0v) is 10.1. The van der Waals surface area contributed by atoms with E-state index in [4.69, 9.17) is 9.26 Å². The summed E-state index contributed by atoms with van der Waals surface area (Å²) in [6.45, 7) is 7.12. The second kappa shape index (κ2) is 3.73. The molecule has 0 N–H and O–H groups in total. The molecule has 0 aliphatic heterocycles. The summed E-state index contributed by atoms with van der Waals surface area (Å²) in [6, 6.07) is 0. The van der Waals surface area contributed by atoms with Crippen molar-refractivity contribution in [3.8, 4) is 0 Å². The van der Waals surface area contributed by atoms with Crippen molar-refractivity contribution in [1.82, 2.24) is 5.16 Å². The van der Waals surface area contributed by atoms with Crippen LogP contribution in [0.15, 0.2) is 9.00 Å². The Morgan fingerprint density at radius 2 is 2.07 bits per heavy atom. The topological polar surface area (TPSA) is 52.3 Å². The number of halogens is 1. The van der Waals surface area contributed by atoms with Crippen molar-refractivity contribution < 1.29 is 14.1 Å². The van der Waals surface area contributed by atoms with E-state index in [1.807, 2.05) is 0 Å². The second-order valence-electron chi connectivity index (χ2n) is 3.91. The fraction of sp³-hybridized carbons (Fsp3) is 0.556. The SMILES string of the molecule is Cc1noc(C(=O)OC(C)(C)C)c1Br. The van der Waals surface area contributed by atoms with E-state index in [0.29, 0.717) is 10.2 Å². The molecule has 1 aromatic heterocycles. The zero-order valence-electron chi connectivity index (χ0n) is 8.55. The van der Waals surface area contributed by atoms with Crippen molar-refractivity contribution in [1.29, 1.82) is 0 Å². The van der Waals surface area contributed by atoms with E-state index in [2.05, 4.69) is 21.1 Å². The molecule has 0 aliphatic rings. The summed E-state index contributed by atoms with van der Waals surface area (Å²) in [5, 5.41) is 3.64. The van der Waals surface area contributed by atoms with Gasteiger partial charge in [0.1, 0.15) is 5.60 Å². The quantitative estimate of drug-likeness (QED) is 0.730. The van der Waals surface area contributed by atoms with Crippen molar-refractivity contribution in [2.45, 2.75) is 33.3 Å². The van der Waals surface area contributed by atoms with E-state index < -0.39 is 11.6 Å². The number of rotatable bonds is 1. The molecule has 1 rings (SSSR count). The molecule has 0 aromatic carbocycles. The maximum absolute atomic E-state index is 11.5. The molecule has 0 radical (unpaired) electrons. The Morgan fingerprint density at radius 1 is 1.50 bits per heavy atom. The predicted octanol–water partition coefficient (Wildman–Crippen LogP) is 2.70. The molecular weight excluding hydrogens is 250 g/mol. The largest absolute Gasteiger partial charge is 0.454 e. The van der Waals surface area contributed by atoms with Crippen molar-refractivity contribution in [2.75, 3.05) is 0 Å². The third kappa shape index (κ3) is 2.57. The lowest BCUT2D eigenvalue weighted by atomic mass is 10.2. The van der Waals surface area contributed by atoms with Crippen LogP contribution in [0.2, 0.25) is 0 Å². The van der Waals surface area contributed by atoms with Gasteiger partial charge in [-0.15, -0.1) is 0 Å². The lowest BCUT2D eigenvalue weighted by molar-refractivity contribution is 0.00263. The number of carbonyl (C=O) groups excluding carboxylic acids is 1. The molecule has 1 aromatic rings. The van der Waals surface area contributed by atoms with E-state index in [9.17, 15) is 4.79 Å². The number of carbonyl (C=O) groups is 1. The van der Waals surface area contributed by atoms with Gasteiger partial charge < -0.3 is 9.26 Å². The molecule has 0 bridgehead atoms. The highest BCUT2D eigenvalue weighted by molar-refractivity contribution is 9.10. The molecule has 0 saturated carbocycles. The van der Waals surface area contributed by atoms with Gasteiger partial charge in [0.25, 0.3) is 5.76 Å². The smallest absolute Gasteiger partial charge is 0.378 e. The van der Waals surface area contributed by atoms with Crippen molar-refractivity contribution in [3.05, 3.63) is 15.9 Å². The van der Waals surface area contributed by atoms with Gasteiger partial charge in [-0.3, -0.25) is 0 Å². The first-order valence-electron chi connectivity index (χ1n) is 4.16. The molecule has 0 unspecified atom stereocenters. The molecule has 0 atom stereocenters. The zero-order chi connectivity index (χ0) is 10.9. The first-order chi connectivity index (χ1) is 6.31. The molecule has 5 heteroatoms. The summed E-state index contributed by atoms with van der Waals surface area (Å²) < 4.78 is 10.5. The average molecular weight is 262 g/mol. The highest BCUT2D eigenvalue weighted by atomic mass is 79.9. The molecule has 0 aliphatic carbocycles. The first-order valence-corrected chi connectivity index (χ1v) is 4.95. The molecule has 0 fully saturated rings. The second-order valence-corrected chi connectivity index (χ2v) is 4.71. The summed E-state index contributed by atoms with van der Waals surface area (Å²) in [5.74, 6) is -0.401. The normalized spacial score (nSPS) is 11.5. The van der Waals surface area contributed by atoms with E-state index in [-0.39, 0.29) is 5.76 Å². The van der Waals surface area contributed by atoms with Gasteiger partial charge in [-0.05, 0) is 43.6 Å². The third-order valence-electron chi connectivity index (χ3n) is 1.38. The van der Waals surface area contributed by atoms with Crippen LogP contribution >= 0.6 is 15.9 Å². The van der Waals surface area contributed by atoms with E-state index >= 15 is 0 Å². The van der Waals surface area contributed by atoms with Crippen LogP contribution in [0.1, 0.15) is 37.0 Å². The maximum Gasteiger partial charge on any atom is 0.378 e. The van der Waals surface area contributed by atoms with E-state index in [1.54, 1.807) is 27.7 Å². The number of nitrogens with zero attached hydrogens (tertiary/aromatic N) is 1. The number of esters is 1.